The molecule has 7 heteroatoms. The maximum Gasteiger partial charge on any atom is 0.271 e. The van der Waals surface area contributed by atoms with Crippen molar-refractivity contribution in [2.45, 2.75) is 71.5 Å². The number of rotatable bonds is 5. The number of fused-ring (bicyclic) bond motifs is 2. The van der Waals surface area contributed by atoms with Gasteiger partial charge in [0.2, 0.25) is 0 Å². The summed E-state index contributed by atoms with van der Waals surface area (Å²) in [6.07, 6.45) is 6.52. The summed E-state index contributed by atoms with van der Waals surface area (Å²) < 4.78 is 2.00. The van der Waals surface area contributed by atoms with Crippen LogP contribution in [0.5, 0.6) is 0 Å². The van der Waals surface area contributed by atoms with Crippen LogP contribution in [0, 0.1) is 0 Å². The molecule has 3 heterocycles. The number of aromatic amines is 1. The summed E-state index contributed by atoms with van der Waals surface area (Å²) in [5.41, 5.74) is 5.43. The summed E-state index contributed by atoms with van der Waals surface area (Å²) >= 11 is 0. The fourth-order valence-electron chi connectivity index (χ4n) is 4.18. The van der Waals surface area contributed by atoms with Crippen molar-refractivity contribution in [1.29, 1.82) is 0 Å². The Kier molecular flexibility index (Phi) is 5.29. The van der Waals surface area contributed by atoms with E-state index in [1.54, 1.807) is 0 Å². The van der Waals surface area contributed by atoms with Crippen molar-refractivity contribution < 1.29 is 4.79 Å². The highest BCUT2D eigenvalue weighted by Crippen LogP contribution is 2.22. The van der Waals surface area contributed by atoms with Crippen LogP contribution in [0.4, 0.5) is 0 Å². The smallest absolute Gasteiger partial charge is 0.271 e. The first kappa shape index (κ1) is 18.2. The van der Waals surface area contributed by atoms with Gasteiger partial charge in [-0.05, 0) is 57.6 Å². The van der Waals surface area contributed by atoms with Crippen LogP contribution in [0.25, 0.3) is 0 Å². The third kappa shape index (κ3) is 3.93. The monoisotopic (exact) mass is 370 g/mol. The average molecular weight is 371 g/mol. The number of nitrogens with one attached hydrogen (secondary N) is 2. The van der Waals surface area contributed by atoms with E-state index in [0.717, 1.165) is 56.7 Å². The van der Waals surface area contributed by atoms with Gasteiger partial charge in [0.05, 0.1) is 11.4 Å². The molecular weight excluding hydrogens is 340 g/mol. The minimum atomic E-state index is -0.0870. The molecule has 0 saturated carbocycles. The van der Waals surface area contributed by atoms with Crippen molar-refractivity contribution in [3.8, 4) is 0 Å². The lowest BCUT2D eigenvalue weighted by Crippen LogP contribution is -2.30. The highest BCUT2D eigenvalue weighted by molar-refractivity contribution is 5.92. The van der Waals surface area contributed by atoms with Gasteiger partial charge in [0.15, 0.2) is 0 Å². The van der Waals surface area contributed by atoms with Crippen LogP contribution in [0.1, 0.15) is 66.2 Å². The molecule has 1 aliphatic heterocycles. The fourth-order valence-corrected chi connectivity index (χ4v) is 4.18. The Balaban J connectivity index is 1.35. The zero-order valence-corrected chi connectivity index (χ0v) is 16.4. The molecule has 2 aromatic rings. The van der Waals surface area contributed by atoms with Crippen LogP contribution in [0.15, 0.2) is 6.07 Å². The van der Waals surface area contributed by atoms with Gasteiger partial charge in [0.1, 0.15) is 5.69 Å². The molecule has 7 nitrogen and oxygen atoms in total. The number of hydrogen-bond acceptors (Lipinski definition) is 4. The number of carbonyl (C=O) groups excluding carboxylic acids is 1. The first-order chi connectivity index (χ1) is 13.1. The van der Waals surface area contributed by atoms with Gasteiger partial charge in [0.25, 0.3) is 5.91 Å². The van der Waals surface area contributed by atoms with Gasteiger partial charge < -0.3 is 5.32 Å². The second-order valence-corrected chi connectivity index (χ2v) is 8.00. The highest BCUT2D eigenvalue weighted by atomic mass is 16.1. The maximum absolute atomic E-state index is 12.6. The predicted molar refractivity (Wildman–Crippen MR) is 104 cm³/mol. The van der Waals surface area contributed by atoms with Crippen molar-refractivity contribution in [1.82, 2.24) is 30.2 Å². The molecule has 0 aromatic carbocycles. The molecule has 0 spiro atoms. The van der Waals surface area contributed by atoms with Gasteiger partial charge in [-0.25, -0.2) is 0 Å². The standard InChI is InChI=1S/C20H30N6O/c1-14(2)25-10-5-11-26-15(13-25)12-19(24-26)20(27)21-9-8-18-16-6-3-4-7-17(16)22-23-18/h12,14H,3-11,13H2,1-2H3,(H,21,27)(H,22,23). The molecule has 0 atom stereocenters. The van der Waals surface area contributed by atoms with Gasteiger partial charge in [0, 0.05) is 44.3 Å². The quantitative estimate of drug-likeness (QED) is 0.845. The Morgan fingerprint density at radius 1 is 1.26 bits per heavy atom. The van der Waals surface area contributed by atoms with Crippen LogP contribution in [0.2, 0.25) is 0 Å². The highest BCUT2D eigenvalue weighted by Gasteiger charge is 2.21. The van der Waals surface area contributed by atoms with Crippen molar-refractivity contribution in [3.05, 3.63) is 34.4 Å². The minimum Gasteiger partial charge on any atom is -0.350 e. The van der Waals surface area contributed by atoms with Crippen molar-refractivity contribution in [2.24, 2.45) is 0 Å². The van der Waals surface area contributed by atoms with E-state index >= 15 is 0 Å². The molecule has 1 aliphatic carbocycles. The third-order valence-electron chi connectivity index (χ3n) is 5.80. The molecule has 1 amide bonds. The van der Waals surface area contributed by atoms with Gasteiger partial charge in [-0.3, -0.25) is 19.5 Å². The van der Waals surface area contributed by atoms with Crippen LogP contribution in [-0.2, 0) is 32.4 Å². The summed E-state index contributed by atoms with van der Waals surface area (Å²) in [6, 6.07) is 2.45. The molecule has 4 rings (SSSR count). The van der Waals surface area contributed by atoms with Gasteiger partial charge >= 0.3 is 0 Å². The van der Waals surface area contributed by atoms with E-state index < -0.39 is 0 Å². The van der Waals surface area contributed by atoms with E-state index in [2.05, 4.69) is 39.4 Å². The predicted octanol–water partition coefficient (Wildman–Crippen LogP) is 2.07. The third-order valence-corrected chi connectivity index (χ3v) is 5.80. The minimum absolute atomic E-state index is 0.0870. The van der Waals surface area contributed by atoms with Crippen LogP contribution in [-0.4, -0.2) is 49.9 Å². The molecular formula is C20H30N6O. The Bertz CT molecular complexity index is 805. The number of hydrogen-bond donors (Lipinski definition) is 2. The van der Waals surface area contributed by atoms with E-state index in [1.165, 1.54) is 24.1 Å². The normalized spacial score (nSPS) is 17.4. The van der Waals surface area contributed by atoms with E-state index in [4.69, 9.17) is 0 Å². The Morgan fingerprint density at radius 2 is 2.11 bits per heavy atom. The van der Waals surface area contributed by atoms with Crippen LogP contribution < -0.4 is 5.32 Å². The fraction of sp³-hybridized carbons (Fsp3) is 0.650. The summed E-state index contributed by atoms with van der Waals surface area (Å²) in [4.78, 5) is 15.0. The molecule has 0 saturated heterocycles. The largest absolute Gasteiger partial charge is 0.350 e. The lowest BCUT2D eigenvalue weighted by atomic mass is 9.95. The number of carbonyl (C=O) groups is 1. The van der Waals surface area contributed by atoms with Gasteiger partial charge in [-0.2, -0.15) is 10.2 Å². The van der Waals surface area contributed by atoms with Crippen LogP contribution in [0.3, 0.4) is 0 Å². The second-order valence-electron chi connectivity index (χ2n) is 8.00. The van der Waals surface area contributed by atoms with Gasteiger partial charge in [-0.15, -0.1) is 0 Å². The average Bonchev–Trinajstić information content (AvgIpc) is 3.20. The Hall–Kier alpha value is -2.15. The molecule has 146 valence electrons. The van der Waals surface area contributed by atoms with Gasteiger partial charge in [-0.1, -0.05) is 0 Å². The summed E-state index contributed by atoms with van der Waals surface area (Å²) in [6.45, 7) is 7.84. The number of aryl methyl sites for hydroxylation is 2. The summed E-state index contributed by atoms with van der Waals surface area (Å²) in [5, 5.41) is 15.2. The van der Waals surface area contributed by atoms with Crippen molar-refractivity contribution in [2.75, 3.05) is 13.1 Å². The van der Waals surface area contributed by atoms with E-state index in [9.17, 15) is 4.79 Å². The zero-order valence-electron chi connectivity index (χ0n) is 16.4. The summed E-state index contributed by atoms with van der Waals surface area (Å²) in [7, 11) is 0. The molecule has 0 radical (unpaired) electrons. The molecule has 27 heavy (non-hydrogen) atoms. The Morgan fingerprint density at radius 3 is 2.96 bits per heavy atom. The topological polar surface area (TPSA) is 78.8 Å². The van der Waals surface area contributed by atoms with E-state index in [0.29, 0.717) is 18.3 Å². The lowest BCUT2D eigenvalue weighted by Gasteiger charge is -2.23. The molecule has 2 aromatic heterocycles. The SMILES string of the molecule is CC(C)N1CCCn2nc(C(=O)NCCc3n[nH]c4c3CCCC4)cc2C1. The lowest BCUT2D eigenvalue weighted by molar-refractivity contribution is 0.0948. The summed E-state index contributed by atoms with van der Waals surface area (Å²) in [5.74, 6) is -0.0870. The number of H-pyrrole nitrogens is 1. The zero-order chi connectivity index (χ0) is 18.8. The number of amides is 1. The maximum atomic E-state index is 12.6. The molecule has 0 bridgehead atoms. The first-order valence-electron chi connectivity index (χ1n) is 10.3. The van der Waals surface area contributed by atoms with Crippen molar-refractivity contribution >= 4 is 5.91 Å². The molecule has 2 aliphatic rings. The number of nitrogens with zero attached hydrogens (tertiary/aromatic N) is 4. The molecule has 2 N–H and O–H groups in total. The molecule has 0 unspecified atom stereocenters. The number of aromatic nitrogens is 4. The first-order valence-corrected chi connectivity index (χ1v) is 10.3. The van der Waals surface area contributed by atoms with Crippen molar-refractivity contribution in [3.63, 3.8) is 0 Å². The molecule has 0 fully saturated rings. The van der Waals surface area contributed by atoms with E-state index in [-0.39, 0.29) is 5.91 Å². The van der Waals surface area contributed by atoms with Crippen LogP contribution >= 0.6 is 0 Å². The second kappa shape index (κ2) is 7.84. The Labute approximate surface area is 160 Å². The van der Waals surface area contributed by atoms with E-state index in [1.807, 2.05) is 10.7 Å².